The molecule has 1 aliphatic carbocycles. The van der Waals surface area contributed by atoms with Crippen LogP contribution in [0.4, 0.5) is 0 Å². The summed E-state index contributed by atoms with van der Waals surface area (Å²) >= 11 is 0. The molecule has 1 heterocycles. The van der Waals surface area contributed by atoms with Crippen molar-refractivity contribution in [3.05, 3.63) is 0 Å². The predicted octanol–water partition coefficient (Wildman–Crippen LogP) is 3.29. The van der Waals surface area contributed by atoms with Gasteiger partial charge in [-0.25, -0.2) is 0 Å². The van der Waals surface area contributed by atoms with Crippen LogP contribution in [0.25, 0.3) is 0 Å². The first kappa shape index (κ1) is 14.3. The van der Waals surface area contributed by atoms with Gasteiger partial charge in [0.1, 0.15) is 0 Å². The van der Waals surface area contributed by atoms with Gasteiger partial charge in [0.05, 0.1) is 6.10 Å². The Morgan fingerprint density at radius 2 is 1.89 bits per heavy atom. The van der Waals surface area contributed by atoms with Gasteiger partial charge in [0.25, 0.3) is 0 Å². The Balaban J connectivity index is 1.89. The summed E-state index contributed by atoms with van der Waals surface area (Å²) in [6.07, 6.45) is 7.46. The van der Waals surface area contributed by atoms with E-state index in [0.717, 1.165) is 30.8 Å². The molecule has 0 aromatic heterocycles. The molecule has 0 radical (unpaired) electrons. The number of hydrogen-bond donors (Lipinski definition) is 1. The normalized spacial score (nSPS) is 43.0. The fraction of sp³-hybridized carbons (Fsp3) is 1.00. The number of piperidine rings is 1. The number of aliphatic hydroxyl groups is 1. The van der Waals surface area contributed by atoms with Crippen molar-refractivity contribution >= 4 is 0 Å². The van der Waals surface area contributed by atoms with E-state index >= 15 is 0 Å². The zero-order valence-corrected chi connectivity index (χ0v) is 12.4. The molecule has 5 atom stereocenters. The second-order valence-electron chi connectivity index (χ2n) is 6.90. The average Bonchev–Trinajstić information content (AvgIpc) is 2.36. The van der Waals surface area contributed by atoms with Gasteiger partial charge in [0.2, 0.25) is 0 Å². The van der Waals surface area contributed by atoms with Crippen LogP contribution in [-0.4, -0.2) is 35.2 Å². The summed E-state index contributed by atoms with van der Waals surface area (Å²) in [5.41, 5.74) is 0. The molecule has 106 valence electrons. The summed E-state index contributed by atoms with van der Waals surface area (Å²) < 4.78 is 0. The number of rotatable bonds is 3. The van der Waals surface area contributed by atoms with Gasteiger partial charge in [-0.05, 0) is 56.8 Å². The minimum absolute atomic E-state index is 0.0442. The van der Waals surface area contributed by atoms with E-state index in [0.29, 0.717) is 5.92 Å². The van der Waals surface area contributed by atoms with E-state index in [9.17, 15) is 5.11 Å². The monoisotopic (exact) mass is 253 g/mol. The van der Waals surface area contributed by atoms with Crippen LogP contribution in [0.1, 0.15) is 59.3 Å². The van der Waals surface area contributed by atoms with Crippen LogP contribution in [0, 0.1) is 17.8 Å². The highest BCUT2D eigenvalue weighted by Crippen LogP contribution is 2.33. The Morgan fingerprint density at radius 3 is 2.61 bits per heavy atom. The van der Waals surface area contributed by atoms with Gasteiger partial charge in [-0.2, -0.15) is 0 Å². The lowest BCUT2D eigenvalue weighted by Crippen LogP contribution is -2.46. The van der Waals surface area contributed by atoms with Gasteiger partial charge in [-0.1, -0.05) is 20.3 Å². The summed E-state index contributed by atoms with van der Waals surface area (Å²) in [6, 6.07) is 0.718. The first-order valence-electron chi connectivity index (χ1n) is 8.02. The van der Waals surface area contributed by atoms with Crippen molar-refractivity contribution in [2.75, 3.05) is 13.1 Å². The van der Waals surface area contributed by atoms with Crippen molar-refractivity contribution in [3.63, 3.8) is 0 Å². The topological polar surface area (TPSA) is 23.5 Å². The van der Waals surface area contributed by atoms with Crippen molar-refractivity contribution in [3.8, 4) is 0 Å². The van der Waals surface area contributed by atoms with Crippen LogP contribution in [0.2, 0.25) is 0 Å². The molecular weight excluding hydrogens is 222 g/mol. The third kappa shape index (κ3) is 3.48. The van der Waals surface area contributed by atoms with Crippen molar-refractivity contribution < 1.29 is 5.11 Å². The molecule has 2 heteroatoms. The number of likely N-dealkylation sites (tertiary alicyclic amines) is 1. The maximum atomic E-state index is 10.2. The molecule has 2 aliphatic rings. The van der Waals surface area contributed by atoms with Crippen molar-refractivity contribution in [1.82, 2.24) is 4.90 Å². The van der Waals surface area contributed by atoms with Crippen LogP contribution < -0.4 is 0 Å². The minimum atomic E-state index is -0.0442. The summed E-state index contributed by atoms with van der Waals surface area (Å²) in [4.78, 5) is 2.64. The third-order valence-electron chi connectivity index (χ3n) is 5.34. The van der Waals surface area contributed by atoms with Gasteiger partial charge in [0.15, 0.2) is 0 Å². The molecule has 0 spiro atoms. The molecule has 1 saturated heterocycles. The zero-order chi connectivity index (χ0) is 13.1. The van der Waals surface area contributed by atoms with Crippen LogP contribution in [0.15, 0.2) is 0 Å². The van der Waals surface area contributed by atoms with E-state index in [1.807, 2.05) is 0 Å². The SMILES string of the molecule is CCC1CCC(O)C(CN2CC(C)CCC2C)C1. The predicted molar refractivity (Wildman–Crippen MR) is 76.6 cm³/mol. The highest BCUT2D eigenvalue weighted by molar-refractivity contribution is 4.85. The van der Waals surface area contributed by atoms with E-state index in [2.05, 4.69) is 25.7 Å². The van der Waals surface area contributed by atoms with E-state index in [4.69, 9.17) is 0 Å². The van der Waals surface area contributed by atoms with Crippen molar-refractivity contribution in [2.45, 2.75) is 71.4 Å². The van der Waals surface area contributed by atoms with Crippen LogP contribution in [-0.2, 0) is 0 Å². The Bertz CT molecular complexity index is 255. The van der Waals surface area contributed by atoms with E-state index in [1.54, 1.807) is 0 Å². The Morgan fingerprint density at radius 1 is 1.11 bits per heavy atom. The van der Waals surface area contributed by atoms with E-state index in [1.165, 1.54) is 38.6 Å². The first-order chi connectivity index (χ1) is 8.60. The third-order valence-corrected chi connectivity index (χ3v) is 5.34. The lowest BCUT2D eigenvalue weighted by atomic mass is 9.77. The maximum Gasteiger partial charge on any atom is 0.0580 e. The summed E-state index contributed by atoms with van der Waals surface area (Å²) in [5, 5.41) is 10.2. The van der Waals surface area contributed by atoms with E-state index < -0.39 is 0 Å². The van der Waals surface area contributed by atoms with Gasteiger partial charge < -0.3 is 10.0 Å². The molecule has 5 unspecified atom stereocenters. The molecule has 1 saturated carbocycles. The lowest BCUT2D eigenvalue weighted by molar-refractivity contribution is 0.00755. The molecular formula is C16H31NO. The molecule has 0 aromatic carbocycles. The molecule has 2 nitrogen and oxygen atoms in total. The number of aliphatic hydroxyl groups excluding tert-OH is 1. The quantitative estimate of drug-likeness (QED) is 0.834. The van der Waals surface area contributed by atoms with Gasteiger partial charge in [0, 0.05) is 19.1 Å². The van der Waals surface area contributed by atoms with Crippen molar-refractivity contribution in [1.29, 1.82) is 0 Å². The van der Waals surface area contributed by atoms with Crippen LogP contribution >= 0.6 is 0 Å². The lowest BCUT2D eigenvalue weighted by Gasteiger charge is -2.42. The molecule has 2 fully saturated rings. The zero-order valence-electron chi connectivity index (χ0n) is 12.4. The summed E-state index contributed by atoms with van der Waals surface area (Å²) in [5.74, 6) is 2.22. The highest BCUT2D eigenvalue weighted by atomic mass is 16.3. The Labute approximate surface area is 113 Å². The smallest absolute Gasteiger partial charge is 0.0580 e. The Hall–Kier alpha value is -0.0800. The first-order valence-corrected chi connectivity index (χ1v) is 8.02. The molecule has 18 heavy (non-hydrogen) atoms. The fourth-order valence-electron chi connectivity index (χ4n) is 3.85. The van der Waals surface area contributed by atoms with Crippen LogP contribution in [0.5, 0.6) is 0 Å². The molecule has 1 N–H and O–H groups in total. The standard InChI is InChI=1S/C16H31NO/c1-4-14-7-8-16(18)15(9-14)11-17-10-12(2)5-6-13(17)3/h12-16,18H,4-11H2,1-3H3. The molecule has 0 amide bonds. The minimum Gasteiger partial charge on any atom is -0.393 e. The molecule has 1 aliphatic heterocycles. The highest BCUT2D eigenvalue weighted by Gasteiger charge is 2.32. The summed E-state index contributed by atoms with van der Waals surface area (Å²) in [6.45, 7) is 9.39. The molecule has 2 rings (SSSR count). The van der Waals surface area contributed by atoms with Gasteiger partial charge >= 0.3 is 0 Å². The number of nitrogens with zero attached hydrogens (tertiary/aromatic N) is 1. The second kappa shape index (κ2) is 6.38. The molecule has 0 bridgehead atoms. The fourth-order valence-corrected chi connectivity index (χ4v) is 3.85. The van der Waals surface area contributed by atoms with Gasteiger partial charge in [-0.15, -0.1) is 0 Å². The van der Waals surface area contributed by atoms with Gasteiger partial charge in [-0.3, -0.25) is 0 Å². The Kier molecular flexibility index (Phi) is 5.08. The maximum absolute atomic E-state index is 10.2. The van der Waals surface area contributed by atoms with E-state index in [-0.39, 0.29) is 6.10 Å². The summed E-state index contributed by atoms with van der Waals surface area (Å²) in [7, 11) is 0. The molecule has 0 aromatic rings. The number of hydrogen-bond acceptors (Lipinski definition) is 2. The second-order valence-corrected chi connectivity index (χ2v) is 6.90. The largest absolute Gasteiger partial charge is 0.393 e. The van der Waals surface area contributed by atoms with Crippen LogP contribution in [0.3, 0.4) is 0 Å². The average molecular weight is 253 g/mol. The van der Waals surface area contributed by atoms with Crippen molar-refractivity contribution in [2.24, 2.45) is 17.8 Å².